The molecule has 0 radical (unpaired) electrons. The average molecular weight is 731 g/mol. The van der Waals surface area contributed by atoms with E-state index in [4.69, 9.17) is 19.3 Å². The first kappa shape index (κ1) is 35.1. The second-order valence-electron chi connectivity index (χ2n) is 13.6. The van der Waals surface area contributed by atoms with Gasteiger partial charge in [-0.15, -0.1) is 0 Å². The van der Waals surface area contributed by atoms with Gasteiger partial charge in [0.05, 0.1) is 30.1 Å². The van der Waals surface area contributed by atoms with E-state index in [0.717, 1.165) is 107 Å². The number of hydrogen-bond acceptors (Lipinski definition) is 9. The number of aryl methyl sites for hydroxylation is 2. The SMILES string of the molecule is CCOC(=O)c1c(CCCOc2cccc3ccccc23)c2cccc3c2n1CCCNCc1n[nH]c(COc2ccc(N4CCN(S)CC4)cc2)c1-3. The topological polar surface area (TPSA) is 96.9 Å². The van der Waals surface area contributed by atoms with Crippen molar-refractivity contribution in [3.63, 3.8) is 0 Å². The molecule has 2 N–H and O–H groups in total. The largest absolute Gasteiger partial charge is 0.493 e. The van der Waals surface area contributed by atoms with Crippen molar-refractivity contribution in [2.75, 3.05) is 50.8 Å². The monoisotopic (exact) mass is 730 g/mol. The van der Waals surface area contributed by atoms with E-state index in [1.807, 2.05) is 43.3 Å². The highest BCUT2D eigenvalue weighted by atomic mass is 32.1. The van der Waals surface area contributed by atoms with Crippen molar-refractivity contribution < 1.29 is 19.0 Å². The Labute approximate surface area is 315 Å². The number of carbonyl (C=O) groups excluding carboxylic acids is 1. The molecular formula is C42H46N6O4S. The Balaban J connectivity index is 1.10. The Morgan fingerprint density at radius 2 is 1.68 bits per heavy atom. The summed E-state index contributed by atoms with van der Waals surface area (Å²) in [4.78, 5) is 16.2. The molecule has 2 aliphatic heterocycles. The Bertz CT molecular complexity index is 2200. The van der Waals surface area contributed by atoms with Crippen molar-refractivity contribution in [2.45, 2.75) is 45.9 Å². The second-order valence-corrected chi connectivity index (χ2v) is 14.2. The summed E-state index contributed by atoms with van der Waals surface area (Å²) in [6.45, 7) is 8.85. The third-order valence-corrected chi connectivity index (χ3v) is 10.7. The van der Waals surface area contributed by atoms with Crippen LogP contribution in [0.25, 0.3) is 32.8 Å². The number of aromatic nitrogens is 3. The van der Waals surface area contributed by atoms with Gasteiger partial charge in [0.15, 0.2) is 0 Å². The fourth-order valence-electron chi connectivity index (χ4n) is 7.75. The van der Waals surface area contributed by atoms with E-state index in [9.17, 15) is 4.79 Å². The number of ether oxygens (including phenoxy) is 3. The molecule has 11 heteroatoms. The van der Waals surface area contributed by atoms with Crippen LogP contribution < -0.4 is 19.7 Å². The minimum Gasteiger partial charge on any atom is -0.493 e. The molecule has 0 saturated carbocycles. The molecule has 0 atom stereocenters. The Hall–Kier alpha value is -4.97. The van der Waals surface area contributed by atoms with Crippen LogP contribution in [0.15, 0.2) is 84.9 Å². The molecule has 2 aliphatic rings. The summed E-state index contributed by atoms with van der Waals surface area (Å²) in [7, 11) is 0. The second kappa shape index (κ2) is 16.0. The third kappa shape index (κ3) is 7.33. The standard InChI is InChI=1S/C42H46N6O4S/c1-2-50-42(49)41-34(14-7-26-51-38-15-5-10-29-9-3-4-11-32(29)38)33-12-6-13-35-39-36(27-43-20-8-21-48(41)40(33)35)44-45-37(39)28-52-31-18-16-30(17-19-31)46-22-24-47(53)25-23-46/h3-6,9-13,15-19,43,53H,2,7-8,14,20-28H2,1H3,(H,44,45). The molecule has 53 heavy (non-hydrogen) atoms. The normalized spacial score (nSPS) is 15.0. The van der Waals surface area contributed by atoms with Gasteiger partial charge in [0.2, 0.25) is 0 Å². The predicted octanol–water partition coefficient (Wildman–Crippen LogP) is 7.41. The number of para-hydroxylation sites is 1. The number of nitrogens with one attached hydrogen (secondary N) is 2. The summed E-state index contributed by atoms with van der Waals surface area (Å²) in [5, 5.41) is 15.0. The molecule has 0 amide bonds. The maximum Gasteiger partial charge on any atom is 0.355 e. The van der Waals surface area contributed by atoms with Crippen molar-refractivity contribution in [2.24, 2.45) is 0 Å². The number of piperazine rings is 1. The highest BCUT2D eigenvalue weighted by molar-refractivity contribution is 7.77. The van der Waals surface area contributed by atoms with Gasteiger partial charge >= 0.3 is 5.97 Å². The number of thiol groups is 1. The first-order valence-corrected chi connectivity index (χ1v) is 19.1. The number of aromatic amines is 1. The maximum atomic E-state index is 13.8. The lowest BCUT2D eigenvalue weighted by Crippen LogP contribution is -2.42. The molecular weight excluding hydrogens is 685 g/mol. The number of esters is 1. The number of H-pyrrole nitrogens is 1. The maximum absolute atomic E-state index is 13.8. The average Bonchev–Trinajstić information content (AvgIpc) is 3.74. The van der Waals surface area contributed by atoms with E-state index in [1.54, 1.807) is 0 Å². The number of carbonyl (C=O) groups is 1. The van der Waals surface area contributed by atoms with Crippen LogP contribution in [0.1, 0.15) is 47.2 Å². The minimum atomic E-state index is -0.295. The van der Waals surface area contributed by atoms with Crippen molar-refractivity contribution in [3.05, 3.63) is 108 Å². The summed E-state index contributed by atoms with van der Waals surface area (Å²) < 4.78 is 22.7. The van der Waals surface area contributed by atoms with Crippen LogP contribution in [0.3, 0.4) is 0 Å². The lowest BCUT2D eigenvalue weighted by Gasteiger charge is -2.33. The van der Waals surface area contributed by atoms with E-state index in [1.165, 1.54) is 5.69 Å². The first-order chi connectivity index (χ1) is 26.1. The molecule has 4 heterocycles. The summed E-state index contributed by atoms with van der Waals surface area (Å²) in [5.74, 6) is 1.37. The molecule has 0 spiro atoms. The van der Waals surface area contributed by atoms with Gasteiger partial charge in [0.25, 0.3) is 0 Å². The smallest absolute Gasteiger partial charge is 0.355 e. The van der Waals surface area contributed by atoms with Crippen LogP contribution in [-0.4, -0.2) is 71.0 Å². The van der Waals surface area contributed by atoms with Gasteiger partial charge in [0, 0.05) is 66.9 Å². The van der Waals surface area contributed by atoms with Gasteiger partial charge in [-0.3, -0.25) is 5.10 Å². The van der Waals surface area contributed by atoms with Crippen LogP contribution in [0.4, 0.5) is 5.69 Å². The lowest BCUT2D eigenvalue weighted by atomic mass is 9.98. The Kier molecular flexibility index (Phi) is 10.6. The van der Waals surface area contributed by atoms with Gasteiger partial charge in [-0.05, 0) is 74.0 Å². The van der Waals surface area contributed by atoms with E-state index >= 15 is 0 Å². The summed E-state index contributed by atoms with van der Waals surface area (Å²) in [6, 6.07) is 29.1. The zero-order valence-corrected chi connectivity index (χ0v) is 31.0. The number of hydrogen-bond donors (Lipinski definition) is 3. The summed E-state index contributed by atoms with van der Waals surface area (Å²) >= 11 is 4.49. The molecule has 1 fully saturated rings. The van der Waals surface area contributed by atoms with E-state index < -0.39 is 0 Å². The quantitative estimate of drug-likeness (QED) is 0.0721. The van der Waals surface area contributed by atoms with Crippen LogP contribution >= 0.6 is 12.8 Å². The number of anilines is 1. The van der Waals surface area contributed by atoms with Crippen LogP contribution in [0.5, 0.6) is 11.5 Å². The fourth-order valence-corrected chi connectivity index (χ4v) is 7.93. The Morgan fingerprint density at radius 3 is 2.53 bits per heavy atom. The Morgan fingerprint density at radius 1 is 0.887 bits per heavy atom. The van der Waals surface area contributed by atoms with Crippen LogP contribution in [0, 0.1) is 0 Å². The predicted molar refractivity (Wildman–Crippen MR) is 213 cm³/mol. The van der Waals surface area contributed by atoms with Crippen molar-refractivity contribution in [1.82, 2.24) is 24.4 Å². The molecule has 274 valence electrons. The summed E-state index contributed by atoms with van der Waals surface area (Å²) in [6.07, 6.45) is 2.25. The summed E-state index contributed by atoms with van der Waals surface area (Å²) in [5.41, 5.74) is 7.67. The molecule has 1 saturated heterocycles. The minimum absolute atomic E-state index is 0.295. The zero-order chi connectivity index (χ0) is 36.1. The van der Waals surface area contributed by atoms with Gasteiger partial charge in [-0.1, -0.05) is 67.4 Å². The van der Waals surface area contributed by atoms with Crippen LogP contribution in [0.2, 0.25) is 0 Å². The van der Waals surface area contributed by atoms with E-state index in [-0.39, 0.29) is 5.97 Å². The molecule has 0 unspecified atom stereocenters. The zero-order valence-electron chi connectivity index (χ0n) is 30.1. The molecule has 4 aromatic carbocycles. The third-order valence-electron chi connectivity index (χ3n) is 10.3. The van der Waals surface area contributed by atoms with Crippen molar-refractivity contribution in [3.8, 4) is 22.6 Å². The molecule has 6 aromatic rings. The van der Waals surface area contributed by atoms with E-state index in [0.29, 0.717) is 45.0 Å². The van der Waals surface area contributed by atoms with Gasteiger partial charge < -0.3 is 29.0 Å². The lowest BCUT2D eigenvalue weighted by molar-refractivity contribution is 0.0512. The van der Waals surface area contributed by atoms with Gasteiger partial charge in [0.1, 0.15) is 23.8 Å². The van der Waals surface area contributed by atoms with Crippen molar-refractivity contribution >= 4 is 46.1 Å². The van der Waals surface area contributed by atoms with Gasteiger partial charge in [-0.25, -0.2) is 9.10 Å². The fraction of sp³-hybridized carbons (Fsp3) is 0.333. The van der Waals surface area contributed by atoms with Gasteiger partial charge in [-0.2, -0.15) is 5.10 Å². The first-order valence-electron chi connectivity index (χ1n) is 18.7. The van der Waals surface area contributed by atoms with Crippen molar-refractivity contribution in [1.29, 1.82) is 0 Å². The number of fused-ring (bicyclic) bond motifs is 3. The molecule has 0 bridgehead atoms. The molecule has 10 nitrogen and oxygen atoms in total. The van der Waals surface area contributed by atoms with E-state index in [2.05, 4.69) is 85.5 Å². The molecule has 0 aliphatic carbocycles. The number of rotatable bonds is 11. The van der Waals surface area contributed by atoms with Crippen LogP contribution in [-0.2, 0) is 30.9 Å². The molecule has 2 aromatic heterocycles. The number of nitrogens with zero attached hydrogens (tertiary/aromatic N) is 4. The number of benzene rings is 4. The highest BCUT2D eigenvalue weighted by Crippen LogP contribution is 2.39. The highest BCUT2D eigenvalue weighted by Gasteiger charge is 2.28. The molecule has 8 rings (SSSR count).